The molecule has 0 saturated carbocycles. The summed E-state index contributed by atoms with van der Waals surface area (Å²) < 4.78 is 40.7. The van der Waals surface area contributed by atoms with E-state index in [4.69, 9.17) is 23.3 Å². The normalized spacial score (nSPS) is 17.8. The standard InChI is InChI=1S/C42H82NO8P/c1-6-8-10-11-12-13-14-15-16-17-20-23-26-30-35-47-37-39(38-49-52(45,46)48-36-34-43(3,4)5)50-42(44)33-29-25-22-19-18-21-24-28-32-41-40(51-41)31-27-9-7-2/h24,28,39-41H,6-23,25-27,29-38H2,1-5H3/p+1/b28-24-. The van der Waals surface area contributed by atoms with Crippen LogP contribution in [0.15, 0.2) is 12.2 Å². The van der Waals surface area contributed by atoms with Crippen molar-refractivity contribution in [1.29, 1.82) is 0 Å². The molecule has 10 heteroatoms. The zero-order valence-corrected chi connectivity index (χ0v) is 35.4. The van der Waals surface area contributed by atoms with Crippen molar-refractivity contribution >= 4 is 13.8 Å². The molecule has 0 aliphatic carbocycles. The van der Waals surface area contributed by atoms with Crippen LogP contribution in [-0.2, 0) is 32.6 Å². The van der Waals surface area contributed by atoms with Crippen LogP contribution in [0, 0.1) is 0 Å². The molecule has 0 spiro atoms. The number of nitrogens with zero attached hydrogens (tertiary/aromatic N) is 1. The van der Waals surface area contributed by atoms with Crippen LogP contribution in [0.2, 0.25) is 0 Å². The zero-order chi connectivity index (χ0) is 38.2. The molecule has 0 bridgehead atoms. The van der Waals surface area contributed by atoms with E-state index in [2.05, 4.69) is 26.0 Å². The molecular formula is C42H83NO8P+. The third kappa shape index (κ3) is 32.6. The molecule has 0 radical (unpaired) electrons. The van der Waals surface area contributed by atoms with Crippen molar-refractivity contribution in [2.24, 2.45) is 0 Å². The molecule has 0 amide bonds. The number of likely N-dealkylation sites (N-methyl/N-ethyl adjacent to an activating group) is 1. The number of unbranched alkanes of at least 4 members (excludes halogenated alkanes) is 20. The molecule has 9 nitrogen and oxygen atoms in total. The lowest BCUT2D eigenvalue weighted by atomic mass is 10.0. The monoisotopic (exact) mass is 761 g/mol. The molecule has 1 fully saturated rings. The summed E-state index contributed by atoms with van der Waals surface area (Å²) in [5.41, 5.74) is 0. The quantitative estimate of drug-likeness (QED) is 0.0165. The van der Waals surface area contributed by atoms with E-state index >= 15 is 0 Å². The highest BCUT2D eigenvalue weighted by Crippen LogP contribution is 2.43. The molecule has 0 aromatic heterocycles. The fraction of sp³-hybridized carbons (Fsp3) is 0.929. The van der Waals surface area contributed by atoms with Gasteiger partial charge in [-0.1, -0.05) is 148 Å². The van der Waals surface area contributed by atoms with Gasteiger partial charge in [-0.3, -0.25) is 13.8 Å². The topological polar surface area (TPSA) is 104 Å². The van der Waals surface area contributed by atoms with Gasteiger partial charge in [-0.25, -0.2) is 4.57 Å². The highest BCUT2D eigenvalue weighted by molar-refractivity contribution is 7.47. The second-order valence-corrected chi connectivity index (χ2v) is 17.6. The van der Waals surface area contributed by atoms with Gasteiger partial charge in [-0.05, 0) is 38.5 Å². The fourth-order valence-electron chi connectivity index (χ4n) is 6.27. The number of allylic oxidation sites excluding steroid dienone is 1. The molecule has 1 saturated heterocycles. The molecule has 1 aliphatic rings. The summed E-state index contributed by atoms with van der Waals surface area (Å²) >= 11 is 0. The van der Waals surface area contributed by atoms with Crippen LogP contribution in [0.3, 0.4) is 0 Å². The Kier molecular flexibility index (Phi) is 30.7. The maximum atomic E-state index is 12.7. The summed E-state index contributed by atoms with van der Waals surface area (Å²) in [7, 11) is 1.66. The molecule has 1 heterocycles. The van der Waals surface area contributed by atoms with E-state index in [0.717, 1.165) is 57.8 Å². The predicted molar refractivity (Wildman–Crippen MR) is 215 cm³/mol. The van der Waals surface area contributed by atoms with Crippen LogP contribution >= 0.6 is 7.82 Å². The Labute approximate surface area is 320 Å². The molecule has 1 rings (SSSR count). The van der Waals surface area contributed by atoms with Crippen LogP contribution < -0.4 is 0 Å². The fourth-order valence-corrected chi connectivity index (χ4v) is 7.01. The minimum atomic E-state index is -4.27. The van der Waals surface area contributed by atoms with Crippen LogP contribution in [0.25, 0.3) is 0 Å². The van der Waals surface area contributed by atoms with E-state index in [0.29, 0.717) is 36.3 Å². The van der Waals surface area contributed by atoms with Gasteiger partial charge in [0, 0.05) is 13.0 Å². The van der Waals surface area contributed by atoms with Gasteiger partial charge in [0.25, 0.3) is 0 Å². The molecule has 0 aromatic rings. The van der Waals surface area contributed by atoms with Gasteiger partial charge in [0.1, 0.15) is 19.3 Å². The molecule has 0 aromatic carbocycles. The Hall–Kier alpha value is -0.800. The van der Waals surface area contributed by atoms with E-state index in [-0.39, 0.29) is 25.8 Å². The number of esters is 1. The summed E-state index contributed by atoms with van der Waals surface area (Å²) in [5, 5.41) is 0. The van der Waals surface area contributed by atoms with Crippen molar-refractivity contribution in [2.45, 2.75) is 199 Å². The highest BCUT2D eigenvalue weighted by atomic mass is 31.2. The molecule has 1 aliphatic heterocycles. The molecule has 52 heavy (non-hydrogen) atoms. The largest absolute Gasteiger partial charge is 0.472 e. The van der Waals surface area contributed by atoms with Gasteiger partial charge in [0.15, 0.2) is 0 Å². The number of hydrogen-bond donors (Lipinski definition) is 1. The second-order valence-electron chi connectivity index (χ2n) is 16.1. The Morgan fingerprint density at radius 2 is 1.25 bits per heavy atom. The van der Waals surface area contributed by atoms with Crippen molar-refractivity contribution < 1.29 is 42.0 Å². The van der Waals surface area contributed by atoms with Crippen molar-refractivity contribution in [3.63, 3.8) is 0 Å². The number of rotatable bonds is 39. The van der Waals surface area contributed by atoms with E-state index in [1.165, 1.54) is 103 Å². The third-order valence-electron chi connectivity index (χ3n) is 9.75. The third-order valence-corrected chi connectivity index (χ3v) is 10.7. The van der Waals surface area contributed by atoms with Crippen molar-refractivity contribution in [2.75, 3.05) is 54.1 Å². The van der Waals surface area contributed by atoms with E-state index < -0.39 is 13.9 Å². The number of carbonyl (C=O) groups is 1. The zero-order valence-electron chi connectivity index (χ0n) is 34.5. The first-order chi connectivity index (χ1) is 25.1. The van der Waals surface area contributed by atoms with Crippen LogP contribution in [-0.4, -0.2) is 87.8 Å². The lowest BCUT2D eigenvalue weighted by Crippen LogP contribution is -2.37. The highest BCUT2D eigenvalue weighted by Gasteiger charge is 2.36. The summed E-state index contributed by atoms with van der Waals surface area (Å²) in [6.45, 7) is 5.59. The Morgan fingerprint density at radius 3 is 1.87 bits per heavy atom. The molecule has 308 valence electrons. The number of ether oxygens (including phenoxy) is 3. The SMILES string of the molecule is CCCCCCCCCCCCCCCCOCC(COP(=O)(O)OCC[N+](C)(C)C)OC(=O)CCCCCCC/C=C\CC1OC1CCCCC. The first kappa shape index (κ1) is 49.2. The maximum Gasteiger partial charge on any atom is 0.472 e. The van der Waals surface area contributed by atoms with Gasteiger partial charge in [0.05, 0.1) is 46.6 Å². The lowest BCUT2D eigenvalue weighted by molar-refractivity contribution is -0.870. The van der Waals surface area contributed by atoms with Gasteiger partial charge < -0.3 is 23.6 Å². The van der Waals surface area contributed by atoms with Crippen LogP contribution in [0.4, 0.5) is 0 Å². The van der Waals surface area contributed by atoms with Crippen LogP contribution in [0.5, 0.6) is 0 Å². The van der Waals surface area contributed by atoms with Gasteiger partial charge in [-0.15, -0.1) is 0 Å². The summed E-state index contributed by atoms with van der Waals surface area (Å²) in [6, 6.07) is 0. The maximum absolute atomic E-state index is 12.7. The first-order valence-corrected chi connectivity index (χ1v) is 23.1. The average molecular weight is 761 g/mol. The number of hydrogen-bond acceptors (Lipinski definition) is 7. The summed E-state index contributed by atoms with van der Waals surface area (Å²) in [4.78, 5) is 22.9. The number of carbonyl (C=O) groups excluding carboxylic acids is 1. The van der Waals surface area contributed by atoms with Crippen molar-refractivity contribution in [3.05, 3.63) is 12.2 Å². The van der Waals surface area contributed by atoms with E-state index in [1.54, 1.807) is 0 Å². The Morgan fingerprint density at radius 1 is 0.692 bits per heavy atom. The van der Waals surface area contributed by atoms with Crippen LogP contribution in [0.1, 0.15) is 181 Å². The molecule has 1 N–H and O–H groups in total. The second kappa shape index (κ2) is 32.4. The molecule has 4 unspecified atom stereocenters. The van der Waals surface area contributed by atoms with Crippen molar-refractivity contribution in [3.8, 4) is 0 Å². The minimum Gasteiger partial charge on any atom is -0.457 e. The molecule has 4 atom stereocenters. The average Bonchev–Trinajstić information content (AvgIpc) is 3.84. The van der Waals surface area contributed by atoms with Gasteiger partial charge >= 0.3 is 13.8 Å². The predicted octanol–water partition coefficient (Wildman–Crippen LogP) is 11.3. The van der Waals surface area contributed by atoms with E-state index in [1.807, 2.05) is 21.1 Å². The Bertz CT molecular complexity index is 911. The number of phosphoric acid groups is 1. The molecular weight excluding hydrogens is 677 g/mol. The smallest absolute Gasteiger partial charge is 0.457 e. The Balaban J connectivity index is 2.22. The lowest BCUT2D eigenvalue weighted by Gasteiger charge is -2.24. The van der Waals surface area contributed by atoms with E-state index in [9.17, 15) is 14.3 Å². The van der Waals surface area contributed by atoms with Gasteiger partial charge in [-0.2, -0.15) is 0 Å². The summed E-state index contributed by atoms with van der Waals surface area (Å²) in [5.74, 6) is -0.328. The summed E-state index contributed by atoms with van der Waals surface area (Å²) in [6.07, 6.45) is 35.5. The first-order valence-electron chi connectivity index (χ1n) is 21.6. The van der Waals surface area contributed by atoms with Crippen molar-refractivity contribution in [1.82, 2.24) is 0 Å². The van der Waals surface area contributed by atoms with Gasteiger partial charge in [0.2, 0.25) is 0 Å². The number of phosphoric ester groups is 1. The number of epoxide rings is 1. The number of quaternary nitrogens is 1. The minimum absolute atomic E-state index is 0.0860.